The summed E-state index contributed by atoms with van der Waals surface area (Å²) in [6.45, 7) is 0.145. The van der Waals surface area contributed by atoms with Crippen LogP contribution < -0.4 is 15.4 Å². The molecule has 0 radical (unpaired) electrons. The maximum atomic E-state index is 10.6. The fourth-order valence-corrected chi connectivity index (χ4v) is 1.72. The van der Waals surface area contributed by atoms with Crippen LogP contribution in [0, 0.1) is 0 Å². The van der Waals surface area contributed by atoms with Crippen molar-refractivity contribution in [1.82, 2.24) is 15.0 Å². The van der Waals surface area contributed by atoms with Crippen LogP contribution in [0.25, 0.3) is 0 Å². The quantitative estimate of drug-likeness (QED) is 0.802. The van der Waals surface area contributed by atoms with Crippen LogP contribution in [0.4, 0.5) is 11.9 Å². The Balaban J connectivity index is 2.02. The Hall–Kier alpha value is -2.90. The molecule has 0 unspecified atom stereocenters. The summed E-state index contributed by atoms with van der Waals surface area (Å²) in [4.78, 5) is 24.6. The molecule has 1 aromatic carbocycles. The van der Waals surface area contributed by atoms with E-state index in [9.17, 15) is 4.79 Å². The molecule has 0 saturated carbocycles. The van der Waals surface area contributed by atoms with Crippen LogP contribution in [-0.4, -0.2) is 40.1 Å². The van der Waals surface area contributed by atoms with Gasteiger partial charge in [-0.2, -0.15) is 15.0 Å². The number of nitrogens with two attached hydrogens (primary N) is 1. The highest BCUT2D eigenvalue weighted by Gasteiger charge is 2.07. The summed E-state index contributed by atoms with van der Waals surface area (Å²) in [7, 11) is 3.61. The van der Waals surface area contributed by atoms with Gasteiger partial charge in [0.2, 0.25) is 11.9 Å². The second-order valence-corrected chi connectivity index (χ2v) is 4.81. The number of rotatable bonds is 6. The summed E-state index contributed by atoms with van der Waals surface area (Å²) in [5, 5.41) is 8.72. The maximum absolute atomic E-state index is 10.6. The van der Waals surface area contributed by atoms with Gasteiger partial charge in [-0.05, 0) is 17.7 Å². The Morgan fingerprint density at radius 1 is 1.23 bits per heavy atom. The lowest BCUT2D eigenvalue weighted by Gasteiger charge is -2.12. The average Bonchev–Trinajstić information content (AvgIpc) is 2.45. The molecule has 116 valence electrons. The lowest BCUT2D eigenvalue weighted by atomic mass is 10.1. The highest BCUT2D eigenvalue weighted by Crippen LogP contribution is 2.14. The highest BCUT2D eigenvalue weighted by molar-refractivity contribution is 5.70. The van der Waals surface area contributed by atoms with E-state index in [1.165, 1.54) is 0 Å². The number of benzene rings is 1. The van der Waals surface area contributed by atoms with Crippen LogP contribution >= 0.6 is 0 Å². The molecule has 2 rings (SSSR count). The van der Waals surface area contributed by atoms with Gasteiger partial charge >= 0.3 is 5.97 Å². The first-order valence-corrected chi connectivity index (χ1v) is 6.55. The standard InChI is InChI=1S/C14H17N5O3/c1-19(2)14-17-11(16-13(15)18-14)8-22-10-5-3-9(4-6-10)7-12(20)21/h3-6H,7-8H2,1-2H3,(H,20,21)(H2,15,16,17,18). The zero-order chi connectivity index (χ0) is 16.1. The minimum atomic E-state index is -0.870. The first-order valence-electron chi connectivity index (χ1n) is 6.55. The first kappa shape index (κ1) is 15.5. The predicted molar refractivity (Wildman–Crippen MR) is 80.7 cm³/mol. The van der Waals surface area contributed by atoms with Gasteiger partial charge in [-0.15, -0.1) is 0 Å². The molecule has 0 aliphatic rings. The Morgan fingerprint density at radius 3 is 2.50 bits per heavy atom. The molecule has 0 aliphatic heterocycles. The van der Waals surface area contributed by atoms with E-state index in [0.717, 1.165) is 0 Å². The summed E-state index contributed by atoms with van der Waals surface area (Å²) < 4.78 is 5.57. The fraction of sp³-hybridized carbons (Fsp3) is 0.286. The van der Waals surface area contributed by atoms with Crippen molar-refractivity contribution >= 4 is 17.9 Å². The molecule has 3 N–H and O–H groups in total. The van der Waals surface area contributed by atoms with Crippen molar-refractivity contribution in [2.24, 2.45) is 0 Å². The molecule has 8 heteroatoms. The van der Waals surface area contributed by atoms with Crippen LogP contribution in [0.1, 0.15) is 11.4 Å². The smallest absolute Gasteiger partial charge is 0.307 e. The number of nitrogen functional groups attached to an aromatic ring is 1. The number of aliphatic carboxylic acids is 1. The van der Waals surface area contributed by atoms with E-state index in [0.29, 0.717) is 23.1 Å². The number of hydrogen-bond donors (Lipinski definition) is 2. The minimum absolute atomic E-state index is 0.0174. The predicted octanol–water partition coefficient (Wildman–Crippen LogP) is 0.726. The van der Waals surface area contributed by atoms with Crippen molar-refractivity contribution in [2.75, 3.05) is 24.7 Å². The molecule has 0 spiro atoms. The summed E-state index contributed by atoms with van der Waals surface area (Å²) in [6.07, 6.45) is -0.0174. The van der Waals surface area contributed by atoms with Crippen molar-refractivity contribution in [2.45, 2.75) is 13.0 Å². The molecular weight excluding hydrogens is 286 g/mol. The van der Waals surface area contributed by atoms with Gasteiger partial charge in [-0.25, -0.2) is 0 Å². The van der Waals surface area contributed by atoms with E-state index in [1.807, 2.05) is 0 Å². The van der Waals surface area contributed by atoms with Gasteiger partial charge in [-0.1, -0.05) is 12.1 Å². The number of carbonyl (C=O) groups is 1. The van der Waals surface area contributed by atoms with Crippen LogP contribution in [-0.2, 0) is 17.8 Å². The maximum Gasteiger partial charge on any atom is 0.307 e. The third-order valence-corrected chi connectivity index (χ3v) is 2.73. The molecule has 0 atom stereocenters. The molecule has 0 amide bonds. The second kappa shape index (κ2) is 6.70. The molecule has 0 fully saturated rings. The van der Waals surface area contributed by atoms with Crippen LogP contribution in [0.15, 0.2) is 24.3 Å². The van der Waals surface area contributed by atoms with Crippen molar-refractivity contribution in [1.29, 1.82) is 0 Å². The van der Waals surface area contributed by atoms with Crippen LogP contribution in [0.5, 0.6) is 5.75 Å². The SMILES string of the molecule is CN(C)c1nc(N)nc(COc2ccc(CC(=O)O)cc2)n1. The topological polar surface area (TPSA) is 114 Å². The first-order chi connectivity index (χ1) is 10.4. The highest BCUT2D eigenvalue weighted by atomic mass is 16.5. The molecule has 0 aliphatic carbocycles. The van der Waals surface area contributed by atoms with E-state index >= 15 is 0 Å². The number of nitrogens with zero attached hydrogens (tertiary/aromatic N) is 4. The third kappa shape index (κ3) is 4.30. The van der Waals surface area contributed by atoms with E-state index in [-0.39, 0.29) is 19.0 Å². The third-order valence-electron chi connectivity index (χ3n) is 2.73. The van der Waals surface area contributed by atoms with Gasteiger partial charge in [0.1, 0.15) is 12.4 Å². The zero-order valence-corrected chi connectivity index (χ0v) is 12.4. The molecule has 0 bridgehead atoms. The summed E-state index contributed by atoms with van der Waals surface area (Å²) in [6, 6.07) is 6.82. The number of ether oxygens (including phenoxy) is 1. The fourth-order valence-electron chi connectivity index (χ4n) is 1.72. The number of aromatic nitrogens is 3. The largest absolute Gasteiger partial charge is 0.486 e. The molecule has 8 nitrogen and oxygen atoms in total. The lowest BCUT2D eigenvalue weighted by molar-refractivity contribution is -0.136. The van der Waals surface area contributed by atoms with Crippen molar-refractivity contribution in [3.05, 3.63) is 35.7 Å². The Labute approximate surface area is 127 Å². The summed E-state index contributed by atoms with van der Waals surface area (Å²) >= 11 is 0. The lowest BCUT2D eigenvalue weighted by Crippen LogP contribution is -2.16. The Bertz CT molecular complexity index is 658. The van der Waals surface area contributed by atoms with Crippen molar-refractivity contribution < 1.29 is 14.6 Å². The molecule has 0 saturated heterocycles. The van der Waals surface area contributed by atoms with Crippen molar-refractivity contribution in [3.8, 4) is 5.75 Å². The van der Waals surface area contributed by atoms with Gasteiger partial charge in [0, 0.05) is 14.1 Å². The molecular formula is C14H17N5O3. The van der Waals surface area contributed by atoms with E-state index in [2.05, 4.69) is 15.0 Å². The van der Waals surface area contributed by atoms with Gasteiger partial charge < -0.3 is 20.5 Å². The number of hydrogen-bond acceptors (Lipinski definition) is 7. The van der Waals surface area contributed by atoms with Gasteiger partial charge in [-0.3, -0.25) is 4.79 Å². The van der Waals surface area contributed by atoms with Gasteiger partial charge in [0.05, 0.1) is 6.42 Å². The number of carboxylic acid groups (broad SMARTS) is 1. The number of anilines is 2. The van der Waals surface area contributed by atoms with Crippen LogP contribution in [0.2, 0.25) is 0 Å². The Morgan fingerprint density at radius 2 is 1.91 bits per heavy atom. The average molecular weight is 303 g/mol. The zero-order valence-electron chi connectivity index (χ0n) is 12.4. The van der Waals surface area contributed by atoms with E-state index in [1.54, 1.807) is 43.3 Å². The molecule has 22 heavy (non-hydrogen) atoms. The van der Waals surface area contributed by atoms with Crippen molar-refractivity contribution in [3.63, 3.8) is 0 Å². The van der Waals surface area contributed by atoms with Gasteiger partial charge in [0.25, 0.3) is 0 Å². The summed E-state index contributed by atoms with van der Waals surface area (Å²) in [5.74, 6) is 0.743. The molecule has 1 aromatic heterocycles. The van der Waals surface area contributed by atoms with E-state index < -0.39 is 5.97 Å². The summed E-state index contributed by atoms with van der Waals surface area (Å²) in [5.41, 5.74) is 6.34. The molecule has 1 heterocycles. The Kier molecular flexibility index (Phi) is 4.72. The van der Waals surface area contributed by atoms with Crippen LogP contribution in [0.3, 0.4) is 0 Å². The van der Waals surface area contributed by atoms with Gasteiger partial charge in [0.15, 0.2) is 5.82 Å². The minimum Gasteiger partial charge on any atom is -0.486 e. The second-order valence-electron chi connectivity index (χ2n) is 4.81. The normalized spacial score (nSPS) is 10.3. The monoisotopic (exact) mass is 303 g/mol. The molecule has 2 aromatic rings. The number of carboxylic acids is 1. The van der Waals surface area contributed by atoms with E-state index in [4.69, 9.17) is 15.6 Å².